The van der Waals surface area contributed by atoms with E-state index in [2.05, 4.69) is 37.9 Å². The zero-order chi connectivity index (χ0) is 11.5. The van der Waals surface area contributed by atoms with Crippen molar-refractivity contribution in [3.05, 3.63) is 22.3 Å². The summed E-state index contributed by atoms with van der Waals surface area (Å²) < 4.78 is 1.08. The Morgan fingerprint density at radius 3 is 2.69 bits per heavy atom. The molecule has 0 aromatic carbocycles. The maximum absolute atomic E-state index is 5.69. The third-order valence-corrected chi connectivity index (χ3v) is 4.12. The van der Waals surface area contributed by atoms with E-state index in [1.807, 2.05) is 6.92 Å². The number of hydrogen-bond donors (Lipinski definition) is 1. The van der Waals surface area contributed by atoms with Crippen LogP contribution >= 0.6 is 15.9 Å². The first kappa shape index (κ1) is 11.9. The van der Waals surface area contributed by atoms with E-state index in [0.29, 0.717) is 5.92 Å². The molecule has 0 spiro atoms. The van der Waals surface area contributed by atoms with Gasteiger partial charge in [0.15, 0.2) is 0 Å². The van der Waals surface area contributed by atoms with Gasteiger partial charge in [-0.05, 0) is 60.3 Å². The first-order chi connectivity index (χ1) is 7.70. The normalized spacial score (nSPS) is 17.8. The number of hydrogen-bond acceptors (Lipinski definition) is 3. The molecule has 0 saturated carbocycles. The van der Waals surface area contributed by atoms with Gasteiger partial charge in [0.1, 0.15) is 5.82 Å². The average Bonchev–Trinajstić information content (AvgIpc) is 2.33. The summed E-state index contributed by atoms with van der Waals surface area (Å²) in [4.78, 5) is 6.95. The van der Waals surface area contributed by atoms with E-state index in [0.717, 1.165) is 35.6 Å². The van der Waals surface area contributed by atoms with Gasteiger partial charge >= 0.3 is 0 Å². The minimum atomic E-state index is 0.702. The Morgan fingerprint density at radius 2 is 2.12 bits per heavy atom. The molecule has 0 bridgehead atoms. The van der Waals surface area contributed by atoms with Gasteiger partial charge in [-0.25, -0.2) is 4.98 Å². The number of rotatable bonds is 2. The van der Waals surface area contributed by atoms with Crippen LogP contribution in [0.25, 0.3) is 0 Å². The summed E-state index contributed by atoms with van der Waals surface area (Å²) in [5.41, 5.74) is 6.75. The molecule has 4 heteroatoms. The number of nitrogens with zero attached hydrogens (tertiary/aromatic N) is 2. The summed E-state index contributed by atoms with van der Waals surface area (Å²) in [7, 11) is 0. The van der Waals surface area contributed by atoms with Crippen LogP contribution < -0.4 is 10.6 Å². The highest BCUT2D eigenvalue weighted by atomic mass is 79.9. The monoisotopic (exact) mass is 283 g/mol. The van der Waals surface area contributed by atoms with Gasteiger partial charge in [0, 0.05) is 17.6 Å². The fraction of sp³-hybridized carbons (Fsp3) is 0.583. The largest absolute Gasteiger partial charge is 0.357 e. The Hall–Kier alpha value is -0.610. The van der Waals surface area contributed by atoms with Gasteiger partial charge < -0.3 is 10.6 Å². The van der Waals surface area contributed by atoms with E-state index < -0.39 is 0 Å². The molecule has 1 aliphatic rings. The average molecular weight is 284 g/mol. The minimum absolute atomic E-state index is 0.702. The third kappa shape index (κ3) is 2.55. The van der Waals surface area contributed by atoms with Crippen LogP contribution in [0.2, 0.25) is 0 Å². The van der Waals surface area contributed by atoms with Crippen molar-refractivity contribution in [1.82, 2.24) is 4.98 Å². The second-order valence-electron chi connectivity index (χ2n) is 4.40. The van der Waals surface area contributed by atoms with Crippen LogP contribution in [0.1, 0.15) is 18.5 Å². The number of nitrogens with two attached hydrogens (primary N) is 1. The molecule has 0 unspecified atom stereocenters. The van der Waals surface area contributed by atoms with Crippen LogP contribution in [0.4, 0.5) is 5.82 Å². The smallest absolute Gasteiger partial charge is 0.128 e. The van der Waals surface area contributed by atoms with Crippen molar-refractivity contribution in [2.75, 3.05) is 24.5 Å². The molecule has 88 valence electrons. The van der Waals surface area contributed by atoms with Crippen molar-refractivity contribution in [1.29, 1.82) is 0 Å². The molecule has 2 heterocycles. The number of aromatic nitrogens is 1. The molecule has 0 atom stereocenters. The molecule has 1 aliphatic heterocycles. The Bertz CT molecular complexity index is 359. The number of piperidine rings is 1. The van der Waals surface area contributed by atoms with Gasteiger partial charge in [0.2, 0.25) is 0 Å². The Kier molecular flexibility index (Phi) is 3.82. The topological polar surface area (TPSA) is 42.2 Å². The third-order valence-electron chi connectivity index (χ3n) is 3.28. The van der Waals surface area contributed by atoms with Crippen molar-refractivity contribution >= 4 is 21.7 Å². The van der Waals surface area contributed by atoms with Crippen LogP contribution in [-0.2, 0) is 0 Å². The number of halogens is 1. The Morgan fingerprint density at radius 1 is 1.44 bits per heavy atom. The van der Waals surface area contributed by atoms with E-state index >= 15 is 0 Å². The van der Waals surface area contributed by atoms with Gasteiger partial charge in [-0.2, -0.15) is 0 Å². The predicted octanol–water partition coefficient (Wildman–Crippen LogP) is 2.33. The summed E-state index contributed by atoms with van der Waals surface area (Å²) in [6.45, 7) is 5.01. The van der Waals surface area contributed by atoms with Crippen molar-refractivity contribution in [2.45, 2.75) is 19.8 Å². The lowest BCUT2D eigenvalue weighted by molar-refractivity contribution is 0.413. The zero-order valence-electron chi connectivity index (χ0n) is 9.62. The molecule has 1 saturated heterocycles. The SMILES string of the molecule is Cc1nc(N2CCC(CN)CC2)ccc1Br. The van der Waals surface area contributed by atoms with Crippen LogP contribution in [0.3, 0.4) is 0 Å². The molecule has 1 fully saturated rings. The molecule has 1 aromatic rings. The number of aryl methyl sites for hydroxylation is 1. The van der Waals surface area contributed by atoms with Gasteiger partial charge in [-0.3, -0.25) is 0 Å². The number of anilines is 1. The molecule has 0 radical (unpaired) electrons. The molecule has 16 heavy (non-hydrogen) atoms. The summed E-state index contributed by atoms with van der Waals surface area (Å²) >= 11 is 3.48. The van der Waals surface area contributed by atoms with Crippen LogP contribution in [-0.4, -0.2) is 24.6 Å². The highest BCUT2D eigenvalue weighted by Crippen LogP contribution is 2.23. The van der Waals surface area contributed by atoms with Crippen molar-refractivity contribution in [3.63, 3.8) is 0 Å². The lowest BCUT2D eigenvalue weighted by Gasteiger charge is -2.32. The molecule has 3 nitrogen and oxygen atoms in total. The van der Waals surface area contributed by atoms with Crippen LogP contribution in [0.15, 0.2) is 16.6 Å². The van der Waals surface area contributed by atoms with E-state index in [4.69, 9.17) is 5.73 Å². The summed E-state index contributed by atoms with van der Waals surface area (Å²) in [5.74, 6) is 1.80. The highest BCUT2D eigenvalue weighted by molar-refractivity contribution is 9.10. The van der Waals surface area contributed by atoms with E-state index in [1.54, 1.807) is 0 Å². The molecule has 2 rings (SSSR count). The molecular weight excluding hydrogens is 266 g/mol. The van der Waals surface area contributed by atoms with Gasteiger partial charge in [0.25, 0.3) is 0 Å². The maximum Gasteiger partial charge on any atom is 0.128 e. The van der Waals surface area contributed by atoms with Crippen LogP contribution in [0, 0.1) is 12.8 Å². The summed E-state index contributed by atoms with van der Waals surface area (Å²) in [5, 5.41) is 0. The molecule has 0 aliphatic carbocycles. The second kappa shape index (κ2) is 5.15. The highest BCUT2D eigenvalue weighted by Gasteiger charge is 2.19. The molecule has 0 amide bonds. The lowest BCUT2D eigenvalue weighted by atomic mass is 9.97. The molecular formula is C12H18BrN3. The van der Waals surface area contributed by atoms with Crippen LogP contribution in [0.5, 0.6) is 0 Å². The van der Waals surface area contributed by atoms with Gasteiger partial charge in [-0.15, -0.1) is 0 Å². The zero-order valence-corrected chi connectivity index (χ0v) is 11.2. The fourth-order valence-electron chi connectivity index (χ4n) is 2.10. The van der Waals surface area contributed by atoms with Crippen molar-refractivity contribution in [3.8, 4) is 0 Å². The first-order valence-corrected chi connectivity index (χ1v) is 6.58. The maximum atomic E-state index is 5.69. The fourth-order valence-corrected chi connectivity index (χ4v) is 2.33. The van der Waals surface area contributed by atoms with Crippen molar-refractivity contribution < 1.29 is 0 Å². The number of pyridine rings is 1. The summed E-state index contributed by atoms with van der Waals surface area (Å²) in [6.07, 6.45) is 2.38. The van der Waals surface area contributed by atoms with Gasteiger partial charge in [0.05, 0.1) is 5.69 Å². The second-order valence-corrected chi connectivity index (χ2v) is 5.26. The lowest BCUT2D eigenvalue weighted by Crippen LogP contribution is -2.36. The van der Waals surface area contributed by atoms with Gasteiger partial charge in [-0.1, -0.05) is 0 Å². The first-order valence-electron chi connectivity index (χ1n) is 5.79. The molecule has 1 aromatic heterocycles. The predicted molar refractivity (Wildman–Crippen MR) is 70.7 cm³/mol. The van der Waals surface area contributed by atoms with E-state index in [-0.39, 0.29) is 0 Å². The van der Waals surface area contributed by atoms with E-state index in [9.17, 15) is 0 Å². The molecule has 2 N–H and O–H groups in total. The Balaban J connectivity index is 2.05. The summed E-state index contributed by atoms with van der Waals surface area (Å²) in [6, 6.07) is 4.16. The standard InChI is InChI=1S/C12H18BrN3/c1-9-11(13)2-3-12(15-9)16-6-4-10(8-14)5-7-16/h2-3,10H,4-8,14H2,1H3. The quantitative estimate of drug-likeness (QED) is 0.906. The Labute approximate surface area is 105 Å². The van der Waals surface area contributed by atoms with E-state index in [1.165, 1.54) is 12.8 Å². The van der Waals surface area contributed by atoms with Crippen molar-refractivity contribution in [2.24, 2.45) is 11.7 Å². The minimum Gasteiger partial charge on any atom is -0.357 e.